The monoisotopic (exact) mass is 306 g/mol. The van der Waals surface area contributed by atoms with Crippen molar-refractivity contribution >= 4 is 17.3 Å². The molecule has 0 N–H and O–H groups in total. The molecule has 1 aliphatic heterocycles. The van der Waals surface area contributed by atoms with Crippen molar-refractivity contribution < 1.29 is 13.9 Å². The largest absolute Gasteiger partial charge is 0.468 e. The molecule has 1 aliphatic rings. The Kier molecular flexibility index (Phi) is 4.36. The van der Waals surface area contributed by atoms with Crippen molar-refractivity contribution in [2.45, 2.75) is 32.4 Å². The number of hydrogen-bond acceptors (Lipinski definition) is 6. The van der Waals surface area contributed by atoms with Crippen molar-refractivity contribution in [3.63, 3.8) is 0 Å². The van der Waals surface area contributed by atoms with Gasteiger partial charge in [-0.25, -0.2) is 9.78 Å². The van der Waals surface area contributed by atoms with E-state index in [4.69, 9.17) is 9.15 Å². The first kappa shape index (κ1) is 14.3. The van der Waals surface area contributed by atoms with Gasteiger partial charge < -0.3 is 9.15 Å². The highest BCUT2D eigenvalue weighted by Crippen LogP contribution is 2.34. The van der Waals surface area contributed by atoms with Crippen molar-refractivity contribution in [1.29, 1.82) is 0 Å². The van der Waals surface area contributed by atoms with Crippen molar-refractivity contribution in [2.75, 3.05) is 13.2 Å². The van der Waals surface area contributed by atoms with Gasteiger partial charge in [0.05, 0.1) is 25.5 Å². The first-order chi connectivity index (χ1) is 10.3. The van der Waals surface area contributed by atoms with Gasteiger partial charge in [-0.3, -0.25) is 4.90 Å². The van der Waals surface area contributed by atoms with Gasteiger partial charge in [0.1, 0.15) is 10.8 Å². The van der Waals surface area contributed by atoms with Crippen LogP contribution in [0.4, 0.5) is 0 Å². The molecule has 112 valence electrons. The fourth-order valence-electron chi connectivity index (χ4n) is 2.64. The lowest BCUT2D eigenvalue weighted by molar-refractivity contribution is 0.0520. The zero-order chi connectivity index (χ0) is 14.7. The number of esters is 1. The first-order valence-corrected chi connectivity index (χ1v) is 8.05. The first-order valence-electron chi connectivity index (χ1n) is 7.17. The predicted octanol–water partition coefficient (Wildman–Crippen LogP) is 3.25. The van der Waals surface area contributed by atoms with Gasteiger partial charge in [-0.15, -0.1) is 11.3 Å². The maximum absolute atomic E-state index is 11.7. The molecular formula is C15H18N2O3S. The Morgan fingerprint density at radius 1 is 1.62 bits per heavy atom. The van der Waals surface area contributed by atoms with E-state index < -0.39 is 0 Å². The molecule has 0 radical (unpaired) electrons. The molecule has 1 fully saturated rings. The summed E-state index contributed by atoms with van der Waals surface area (Å²) in [5, 5.41) is 2.78. The van der Waals surface area contributed by atoms with Crippen molar-refractivity contribution in [3.05, 3.63) is 40.2 Å². The molecule has 0 aromatic carbocycles. The van der Waals surface area contributed by atoms with Crippen LogP contribution in [0.25, 0.3) is 0 Å². The molecule has 3 rings (SSSR count). The number of hydrogen-bond donors (Lipinski definition) is 0. The van der Waals surface area contributed by atoms with Crippen LogP contribution in [-0.2, 0) is 11.3 Å². The van der Waals surface area contributed by atoms with Crippen LogP contribution in [0.15, 0.2) is 28.2 Å². The normalized spacial score (nSPS) is 19.0. The van der Waals surface area contributed by atoms with E-state index in [1.54, 1.807) is 18.6 Å². The van der Waals surface area contributed by atoms with Crippen LogP contribution in [0.3, 0.4) is 0 Å². The molecule has 1 unspecified atom stereocenters. The molecule has 0 saturated carbocycles. The summed E-state index contributed by atoms with van der Waals surface area (Å²) < 4.78 is 10.4. The van der Waals surface area contributed by atoms with E-state index in [0.717, 1.165) is 36.7 Å². The number of furan rings is 1. The third kappa shape index (κ3) is 3.16. The molecule has 21 heavy (non-hydrogen) atoms. The molecule has 0 aliphatic carbocycles. The number of rotatable bonds is 5. The van der Waals surface area contributed by atoms with E-state index in [2.05, 4.69) is 9.88 Å². The van der Waals surface area contributed by atoms with E-state index in [-0.39, 0.29) is 12.0 Å². The highest BCUT2D eigenvalue weighted by molar-refractivity contribution is 7.09. The molecule has 5 nitrogen and oxygen atoms in total. The molecule has 0 amide bonds. The van der Waals surface area contributed by atoms with Gasteiger partial charge in [0.25, 0.3) is 0 Å². The lowest BCUT2D eigenvalue weighted by Crippen LogP contribution is -2.22. The minimum Gasteiger partial charge on any atom is -0.468 e. The molecule has 1 atom stereocenters. The summed E-state index contributed by atoms with van der Waals surface area (Å²) in [4.78, 5) is 18.5. The number of ether oxygens (including phenoxy) is 1. The van der Waals surface area contributed by atoms with Crippen LogP contribution in [0.5, 0.6) is 0 Å². The number of carbonyl (C=O) groups is 1. The summed E-state index contributed by atoms with van der Waals surface area (Å²) in [7, 11) is 0. The second-order valence-electron chi connectivity index (χ2n) is 5.00. The summed E-state index contributed by atoms with van der Waals surface area (Å²) in [6.45, 7) is 3.98. The number of thiazole rings is 1. The van der Waals surface area contributed by atoms with Gasteiger partial charge >= 0.3 is 5.97 Å². The molecule has 3 heterocycles. The summed E-state index contributed by atoms with van der Waals surface area (Å²) in [6, 6.07) is 4.16. The van der Waals surface area contributed by atoms with Gasteiger partial charge in [0.2, 0.25) is 0 Å². The van der Waals surface area contributed by atoms with E-state index in [1.165, 1.54) is 11.3 Å². The second-order valence-corrected chi connectivity index (χ2v) is 5.89. The SMILES string of the molecule is CCOC(=O)c1csc(C2CCCN2Cc2ccco2)n1. The Hall–Kier alpha value is -1.66. The number of likely N-dealkylation sites (tertiary alicyclic amines) is 1. The van der Waals surface area contributed by atoms with Crippen LogP contribution in [0.2, 0.25) is 0 Å². The van der Waals surface area contributed by atoms with Crippen LogP contribution >= 0.6 is 11.3 Å². The minimum atomic E-state index is -0.337. The molecule has 2 aromatic heterocycles. The van der Waals surface area contributed by atoms with Gasteiger partial charge in [-0.2, -0.15) is 0 Å². The molecule has 0 bridgehead atoms. The predicted molar refractivity (Wildman–Crippen MR) is 79.2 cm³/mol. The standard InChI is InChI=1S/C15H18N2O3S/c1-2-19-15(18)12-10-21-14(16-12)13-6-3-7-17(13)9-11-5-4-8-20-11/h4-5,8,10,13H,2-3,6-7,9H2,1H3. The van der Waals surface area contributed by atoms with Crippen LogP contribution in [0, 0.1) is 0 Å². The summed E-state index contributed by atoms with van der Waals surface area (Å²) in [6.07, 6.45) is 3.90. The van der Waals surface area contributed by atoms with Crippen LogP contribution in [0.1, 0.15) is 47.1 Å². The molecular weight excluding hydrogens is 288 g/mol. The summed E-state index contributed by atoms with van der Waals surface area (Å²) in [5.74, 6) is 0.625. The number of aromatic nitrogens is 1. The maximum atomic E-state index is 11.7. The van der Waals surface area contributed by atoms with E-state index in [1.807, 2.05) is 12.1 Å². The average molecular weight is 306 g/mol. The fraction of sp³-hybridized carbons (Fsp3) is 0.467. The van der Waals surface area contributed by atoms with Gasteiger partial charge in [-0.1, -0.05) is 0 Å². The third-order valence-electron chi connectivity index (χ3n) is 3.59. The smallest absolute Gasteiger partial charge is 0.357 e. The Bertz CT molecular complexity index is 594. The molecule has 0 spiro atoms. The maximum Gasteiger partial charge on any atom is 0.357 e. The molecule has 2 aromatic rings. The minimum absolute atomic E-state index is 0.267. The van der Waals surface area contributed by atoms with Gasteiger partial charge in [0, 0.05) is 5.38 Å². The van der Waals surface area contributed by atoms with E-state index in [0.29, 0.717) is 12.3 Å². The fourth-order valence-corrected chi connectivity index (χ4v) is 3.59. The van der Waals surface area contributed by atoms with Crippen molar-refractivity contribution in [2.24, 2.45) is 0 Å². The topological polar surface area (TPSA) is 55.6 Å². The van der Waals surface area contributed by atoms with Crippen molar-refractivity contribution in [3.8, 4) is 0 Å². The van der Waals surface area contributed by atoms with E-state index >= 15 is 0 Å². The van der Waals surface area contributed by atoms with E-state index in [9.17, 15) is 4.79 Å². The third-order valence-corrected chi connectivity index (χ3v) is 4.54. The average Bonchev–Trinajstić information content (AvgIpc) is 3.20. The highest BCUT2D eigenvalue weighted by Gasteiger charge is 2.29. The quantitative estimate of drug-likeness (QED) is 0.794. The Morgan fingerprint density at radius 2 is 2.52 bits per heavy atom. The zero-order valence-electron chi connectivity index (χ0n) is 11.9. The lowest BCUT2D eigenvalue weighted by atomic mass is 10.2. The summed E-state index contributed by atoms with van der Waals surface area (Å²) in [5.41, 5.74) is 0.418. The van der Waals surface area contributed by atoms with Crippen LogP contribution in [-0.4, -0.2) is 29.0 Å². The Labute approximate surface area is 127 Å². The number of carbonyl (C=O) groups excluding carboxylic acids is 1. The zero-order valence-corrected chi connectivity index (χ0v) is 12.8. The van der Waals surface area contributed by atoms with Gasteiger partial charge in [0.15, 0.2) is 5.69 Å². The van der Waals surface area contributed by atoms with Gasteiger partial charge in [-0.05, 0) is 38.4 Å². The summed E-state index contributed by atoms with van der Waals surface area (Å²) >= 11 is 1.53. The molecule has 1 saturated heterocycles. The van der Waals surface area contributed by atoms with Crippen molar-refractivity contribution in [1.82, 2.24) is 9.88 Å². The Morgan fingerprint density at radius 3 is 3.29 bits per heavy atom. The number of nitrogens with zero attached hydrogens (tertiary/aromatic N) is 2. The Balaban J connectivity index is 1.71. The lowest BCUT2D eigenvalue weighted by Gasteiger charge is -2.21. The second kappa shape index (κ2) is 6.41. The van der Waals surface area contributed by atoms with Crippen LogP contribution < -0.4 is 0 Å². The molecule has 6 heteroatoms. The highest BCUT2D eigenvalue weighted by atomic mass is 32.1.